The lowest BCUT2D eigenvalue weighted by Crippen LogP contribution is -2.29. The number of rotatable bonds is 6. The summed E-state index contributed by atoms with van der Waals surface area (Å²) in [5.41, 5.74) is 10.7. The van der Waals surface area contributed by atoms with Crippen molar-refractivity contribution in [3.63, 3.8) is 0 Å². The summed E-state index contributed by atoms with van der Waals surface area (Å²) >= 11 is 6.54. The summed E-state index contributed by atoms with van der Waals surface area (Å²) in [5, 5.41) is 4.08. The maximum atomic E-state index is 13.6. The number of hydrogen-bond acceptors (Lipinski definition) is 4. The molecular weight excluding hydrogens is 437 g/mol. The molecule has 2 aromatic carbocycles. The highest BCUT2D eigenvalue weighted by atomic mass is 35.5. The van der Waals surface area contributed by atoms with E-state index in [2.05, 4.69) is 21.4 Å². The van der Waals surface area contributed by atoms with Gasteiger partial charge in [0.1, 0.15) is 11.6 Å². The van der Waals surface area contributed by atoms with E-state index >= 15 is 0 Å². The molecule has 1 aliphatic rings. The van der Waals surface area contributed by atoms with Gasteiger partial charge in [0.25, 0.3) is 0 Å². The second-order valence-corrected chi connectivity index (χ2v) is 9.32. The van der Waals surface area contributed by atoms with Gasteiger partial charge in [-0.05, 0) is 73.1 Å². The lowest BCUT2D eigenvalue weighted by atomic mass is 9.86. The number of pyridine rings is 1. The van der Waals surface area contributed by atoms with Crippen molar-refractivity contribution in [3.05, 3.63) is 77.5 Å². The quantitative estimate of drug-likeness (QED) is 0.375. The van der Waals surface area contributed by atoms with Crippen LogP contribution in [-0.2, 0) is 6.54 Å². The first-order chi connectivity index (χ1) is 16.0. The maximum absolute atomic E-state index is 13.6. The molecule has 0 saturated heterocycles. The summed E-state index contributed by atoms with van der Waals surface area (Å²) in [6.07, 6.45) is 7.98. The van der Waals surface area contributed by atoms with Crippen molar-refractivity contribution in [1.82, 2.24) is 14.5 Å². The minimum Gasteiger partial charge on any atom is -0.370 e. The number of nitrogens with two attached hydrogens (primary N) is 1. The molecule has 33 heavy (non-hydrogen) atoms. The SMILES string of the molecule is NC1CCC(CNc2cc(-c3ccc4ncn(Cc5cccc(F)c5)c4c3)c(Cl)cn2)CC1. The Morgan fingerprint density at radius 3 is 2.73 bits per heavy atom. The molecule has 0 spiro atoms. The van der Waals surface area contributed by atoms with E-state index < -0.39 is 0 Å². The van der Waals surface area contributed by atoms with E-state index in [1.165, 1.54) is 6.07 Å². The molecule has 2 heterocycles. The first-order valence-corrected chi connectivity index (χ1v) is 11.8. The number of hydrogen-bond donors (Lipinski definition) is 2. The molecule has 7 heteroatoms. The van der Waals surface area contributed by atoms with Crippen LogP contribution in [0.5, 0.6) is 0 Å². The normalized spacial score (nSPS) is 18.5. The zero-order chi connectivity index (χ0) is 22.8. The van der Waals surface area contributed by atoms with Gasteiger partial charge >= 0.3 is 0 Å². The van der Waals surface area contributed by atoms with Crippen LogP contribution in [0.25, 0.3) is 22.2 Å². The lowest BCUT2D eigenvalue weighted by Gasteiger charge is -2.26. The lowest BCUT2D eigenvalue weighted by molar-refractivity contribution is 0.338. The van der Waals surface area contributed by atoms with E-state index in [-0.39, 0.29) is 5.82 Å². The third-order valence-corrected chi connectivity index (χ3v) is 6.79. The van der Waals surface area contributed by atoms with Crippen molar-refractivity contribution in [1.29, 1.82) is 0 Å². The van der Waals surface area contributed by atoms with E-state index in [1.54, 1.807) is 24.7 Å². The molecule has 0 aliphatic heterocycles. The summed E-state index contributed by atoms with van der Waals surface area (Å²) in [7, 11) is 0. The van der Waals surface area contributed by atoms with Gasteiger partial charge in [0.2, 0.25) is 0 Å². The smallest absolute Gasteiger partial charge is 0.126 e. The van der Waals surface area contributed by atoms with E-state index in [9.17, 15) is 4.39 Å². The average molecular weight is 464 g/mol. The minimum absolute atomic E-state index is 0.239. The van der Waals surface area contributed by atoms with Gasteiger partial charge < -0.3 is 15.6 Å². The minimum atomic E-state index is -0.239. The first-order valence-electron chi connectivity index (χ1n) is 11.4. The van der Waals surface area contributed by atoms with Gasteiger partial charge in [0.05, 0.1) is 22.4 Å². The van der Waals surface area contributed by atoms with Crippen molar-refractivity contribution in [3.8, 4) is 11.1 Å². The first kappa shape index (κ1) is 21.9. The van der Waals surface area contributed by atoms with Crippen molar-refractivity contribution >= 4 is 28.5 Å². The number of benzene rings is 2. The Morgan fingerprint density at radius 2 is 1.91 bits per heavy atom. The van der Waals surface area contributed by atoms with Crippen molar-refractivity contribution in [2.75, 3.05) is 11.9 Å². The number of nitrogens with zero attached hydrogens (tertiary/aromatic N) is 3. The Balaban J connectivity index is 1.38. The number of halogens is 2. The summed E-state index contributed by atoms with van der Waals surface area (Å²) in [5.74, 6) is 1.20. The van der Waals surface area contributed by atoms with Crippen LogP contribution in [0.1, 0.15) is 31.2 Å². The third kappa shape index (κ3) is 5.02. The second-order valence-electron chi connectivity index (χ2n) is 8.92. The summed E-state index contributed by atoms with van der Waals surface area (Å²) in [6, 6.07) is 15.1. The molecule has 0 bridgehead atoms. The van der Waals surface area contributed by atoms with Crippen LogP contribution >= 0.6 is 11.6 Å². The highest BCUT2D eigenvalue weighted by Crippen LogP contribution is 2.32. The standard InChI is InChI=1S/C26H27ClFN5/c27-23-14-31-26(30-13-17-4-7-21(29)8-5-17)12-22(23)19-6-9-24-25(11-19)33(16-32-24)15-18-2-1-3-20(28)10-18/h1-3,6,9-12,14,16-17,21H,4-5,7-8,13,15,29H2,(H,30,31). The Labute approximate surface area is 197 Å². The van der Waals surface area contributed by atoms with Gasteiger partial charge in [-0.1, -0.05) is 29.8 Å². The van der Waals surface area contributed by atoms with Crippen LogP contribution in [0.3, 0.4) is 0 Å². The van der Waals surface area contributed by atoms with E-state index in [4.69, 9.17) is 17.3 Å². The zero-order valence-corrected chi connectivity index (χ0v) is 19.1. The highest BCUT2D eigenvalue weighted by Gasteiger charge is 2.18. The number of nitrogens with one attached hydrogen (secondary N) is 1. The number of anilines is 1. The Kier molecular flexibility index (Phi) is 6.29. The highest BCUT2D eigenvalue weighted by molar-refractivity contribution is 6.33. The molecule has 5 rings (SSSR count). The maximum Gasteiger partial charge on any atom is 0.126 e. The van der Waals surface area contributed by atoms with Crippen molar-refractivity contribution < 1.29 is 4.39 Å². The third-order valence-electron chi connectivity index (χ3n) is 6.49. The summed E-state index contributed by atoms with van der Waals surface area (Å²) in [6.45, 7) is 1.43. The number of aromatic nitrogens is 3. The molecule has 0 amide bonds. The van der Waals surface area contributed by atoms with Gasteiger partial charge in [0, 0.05) is 30.9 Å². The molecule has 0 atom stereocenters. The van der Waals surface area contributed by atoms with Crippen LogP contribution in [0.15, 0.2) is 61.1 Å². The molecule has 5 nitrogen and oxygen atoms in total. The number of fused-ring (bicyclic) bond motifs is 1. The largest absolute Gasteiger partial charge is 0.370 e. The van der Waals surface area contributed by atoms with E-state index in [1.807, 2.05) is 28.8 Å². The van der Waals surface area contributed by atoms with Gasteiger partial charge in [0.15, 0.2) is 0 Å². The molecule has 170 valence electrons. The topological polar surface area (TPSA) is 68.8 Å². The second kappa shape index (κ2) is 9.49. The van der Waals surface area contributed by atoms with E-state index in [0.717, 1.165) is 65.8 Å². The van der Waals surface area contributed by atoms with Crippen LogP contribution in [0.4, 0.5) is 10.2 Å². The molecule has 2 aromatic heterocycles. The molecule has 4 aromatic rings. The van der Waals surface area contributed by atoms with Gasteiger partial charge in [-0.25, -0.2) is 14.4 Å². The average Bonchev–Trinajstić information content (AvgIpc) is 3.21. The molecule has 1 aliphatic carbocycles. The molecule has 3 N–H and O–H groups in total. The Morgan fingerprint density at radius 1 is 1.06 bits per heavy atom. The Bertz CT molecular complexity index is 1260. The molecule has 1 fully saturated rings. The fraction of sp³-hybridized carbons (Fsp3) is 0.308. The van der Waals surface area contributed by atoms with Crippen LogP contribution < -0.4 is 11.1 Å². The summed E-state index contributed by atoms with van der Waals surface area (Å²) in [4.78, 5) is 8.98. The number of imidazole rings is 1. The fourth-order valence-corrected chi connectivity index (χ4v) is 4.79. The molecule has 0 radical (unpaired) electrons. The predicted molar refractivity (Wildman–Crippen MR) is 132 cm³/mol. The van der Waals surface area contributed by atoms with Crippen LogP contribution in [0, 0.1) is 11.7 Å². The Hall–Kier alpha value is -2.96. The molecule has 0 unspecified atom stereocenters. The van der Waals surface area contributed by atoms with Gasteiger partial charge in [-0.3, -0.25) is 0 Å². The van der Waals surface area contributed by atoms with Crippen LogP contribution in [0.2, 0.25) is 5.02 Å². The van der Waals surface area contributed by atoms with Crippen LogP contribution in [-0.4, -0.2) is 27.1 Å². The van der Waals surface area contributed by atoms with E-state index in [0.29, 0.717) is 23.5 Å². The van der Waals surface area contributed by atoms with Crippen molar-refractivity contribution in [2.45, 2.75) is 38.3 Å². The molecular formula is C26H27ClFN5. The summed E-state index contributed by atoms with van der Waals surface area (Å²) < 4.78 is 15.6. The van der Waals surface area contributed by atoms with Crippen molar-refractivity contribution in [2.24, 2.45) is 11.7 Å². The fourth-order valence-electron chi connectivity index (χ4n) is 4.58. The van der Waals surface area contributed by atoms with Gasteiger partial charge in [-0.15, -0.1) is 0 Å². The zero-order valence-electron chi connectivity index (χ0n) is 18.3. The van der Waals surface area contributed by atoms with Gasteiger partial charge in [-0.2, -0.15) is 0 Å². The monoisotopic (exact) mass is 463 g/mol. The molecule has 1 saturated carbocycles. The predicted octanol–water partition coefficient (Wildman–Crippen LogP) is 5.87.